The number of aromatic nitrogens is 3. The Labute approximate surface area is 108 Å². The van der Waals surface area contributed by atoms with Crippen LogP contribution in [0.1, 0.15) is 43.8 Å². The van der Waals surface area contributed by atoms with Crippen LogP contribution < -0.4 is 10.2 Å². The van der Waals surface area contributed by atoms with E-state index in [4.69, 9.17) is 4.98 Å². The van der Waals surface area contributed by atoms with Gasteiger partial charge in [0, 0.05) is 32.1 Å². The zero-order chi connectivity index (χ0) is 12.2. The van der Waals surface area contributed by atoms with Gasteiger partial charge in [-0.2, -0.15) is 5.10 Å². The predicted molar refractivity (Wildman–Crippen MR) is 70.7 cm³/mol. The van der Waals surface area contributed by atoms with Crippen LogP contribution in [0, 0.1) is 0 Å². The molecule has 5 nitrogen and oxygen atoms in total. The first-order chi connectivity index (χ1) is 8.93. The summed E-state index contributed by atoms with van der Waals surface area (Å²) in [4.78, 5) is 7.05. The normalized spacial score (nSPS) is 22.1. The van der Waals surface area contributed by atoms with Crippen molar-refractivity contribution in [3.05, 3.63) is 12.0 Å². The molecule has 1 saturated carbocycles. The molecule has 98 valence electrons. The lowest BCUT2D eigenvalue weighted by Gasteiger charge is -2.28. The van der Waals surface area contributed by atoms with E-state index in [1.54, 1.807) is 6.20 Å². The second-order valence-corrected chi connectivity index (χ2v) is 5.24. The zero-order valence-corrected chi connectivity index (χ0v) is 10.8. The van der Waals surface area contributed by atoms with Gasteiger partial charge in [0.15, 0.2) is 11.6 Å². The van der Waals surface area contributed by atoms with Gasteiger partial charge in [-0.25, -0.2) is 4.98 Å². The molecule has 1 saturated heterocycles. The first kappa shape index (κ1) is 11.8. The van der Waals surface area contributed by atoms with Crippen LogP contribution >= 0.6 is 0 Å². The van der Waals surface area contributed by atoms with E-state index in [0.29, 0.717) is 5.92 Å². The molecular weight excluding hydrogens is 226 g/mol. The lowest BCUT2D eigenvalue weighted by molar-refractivity contribution is 0.424. The summed E-state index contributed by atoms with van der Waals surface area (Å²) >= 11 is 0. The molecule has 1 aliphatic carbocycles. The first-order valence-corrected chi connectivity index (χ1v) is 7.09. The van der Waals surface area contributed by atoms with Gasteiger partial charge in [0.2, 0.25) is 0 Å². The third-order valence-electron chi connectivity index (χ3n) is 3.97. The highest BCUT2D eigenvalue weighted by Crippen LogP contribution is 2.30. The maximum absolute atomic E-state index is 4.74. The highest BCUT2D eigenvalue weighted by atomic mass is 15.3. The van der Waals surface area contributed by atoms with E-state index in [9.17, 15) is 0 Å². The summed E-state index contributed by atoms with van der Waals surface area (Å²) in [7, 11) is 0. The minimum atomic E-state index is 0.536. The molecule has 5 heteroatoms. The lowest BCUT2D eigenvalue weighted by atomic mass is 9.89. The fourth-order valence-electron chi connectivity index (χ4n) is 2.89. The third kappa shape index (κ3) is 2.61. The van der Waals surface area contributed by atoms with Crippen LogP contribution in [-0.2, 0) is 0 Å². The Hall–Kier alpha value is -1.23. The Morgan fingerprint density at radius 2 is 1.89 bits per heavy atom. The summed E-state index contributed by atoms with van der Waals surface area (Å²) in [6, 6.07) is 0. The van der Waals surface area contributed by atoms with Crippen LogP contribution in [0.5, 0.6) is 0 Å². The van der Waals surface area contributed by atoms with E-state index in [2.05, 4.69) is 20.4 Å². The highest BCUT2D eigenvalue weighted by Gasteiger charge is 2.20. The van der Waals surface area contributed by atoms with Gasteiger partial charge in [0.25, 0.3) is 0 Å². The van der Waals surface area contributed by atoms with Gasteiger partial charge in [0.1, 0.15) is 0 Å². The summed E-state index contributed by atoms with van der Waals surface area (Å²) in [6.07, 6.45) is 8.25. The van der Waals surface area contributed by atoms with Gasteiger partial charge in [-0.05, 0) is 12.8 Å². The number of piperazine rings is 1. The van der Waals surface area contributed by atoms with Crippen LogP contribution in [0.3, 0.4) is 0 Å². The molecule has 1 N–H and O–H groups in total. The quantitative estimate of drug-likeness (QED) is 0.854. The molecule has 3 rings (SSSR count). The van der Waals surface area contributed by atoms with Gasteiger partial charge in [0.05, 0.1) is 6.20 Å². The van der Waals surface area contributed by atoms with Crippen molar-refractivity contribution < 1.29 is 0 Å². The van der Waals surface area contributed by atoms with Crippen molar-refractivity contribution in [2.45, 2.75) is 38.0 Å². The van der Waals surface area contributed by atoms with Crippen LogP contribution in [0.15, 0.2) is 6.20 Å². The Morgan fingerprint density at radius 3 is 2.67 bits per heavy atom. The number of nitrogens with one attached hydrogen (secondary N) is 1. The minimum absolute atomic E-state index is 0.536. The van der Waals surface area contributed by atoms with Crippen LogP contribution in [0.4, 0.5) is 5.82 Å². The summed E-state index contributed by atoms with van der Waals surface area (Å²) < 4.78 is 0. The Morgan fingerprint density at radius 1 is 1.11 bits per heavy atom. The summed E-state index contributed by atoms with van der Waals surface area (Å²) in [5.41, 5.74) is 0. The van der Waals surface area contributed by atoms with Gasteiger partial charge in [-0.1, -0.05) is 19.3 Å². The molecule has 1 aromatic rings. The van der Waals surface area contributed by atoms with Crippen LogP contribution in [0.2, 0.25) is 0 Å². The molecular formula is C13H21N5. The second kappa shape index (κ2) is 5.61. The van der Waals surface area contributed by atoms with Crippen molar-refractivity contribution in [3.63, 3.8) is 0 Å². The van der Waals surface area contributed by atoms with Gasteiger partial charge >= 0.3 is 0 Å². The number of rotatable bonds is 2. The molecule has 0 aromatic carbocycles. The van der Waals surface area contributed by atoms with Crippen LogP contribution in [-0.4, -0.2) is 41.4 Å². The summed E-state index contributed by atoms with van der Waals surface area (Å²) in [5.74, 6) is 2.51. The fourth-order valence-corrected chi connectivity index (χ4v) is 2.89. The monoisotopic (exact) mass is 247 g/mol. The average molecular weight is 247 g/mol. The van der Waals surface area contributed by atoms with E-state index in [1.165, 1.54) is 32.1 Å². The second-order valence-electron chi connectivity index (χ2n) is 5.24. The largest absolute Gasteiger partial charge is 0.353 e. The first-order valence-electron chi connectivity index (χ1n) is 7.09. The maximum atomic E-state index is 4.74. The number of hydrogen-bond donors (Lipinski definition) is 1. The van der Waals surface area contributed by atoms with Crippen molar-refractivity contribution in [1.29, 1.82) is 0 Å². The highest BCUT2D eigenvalue weighted by molar-refractivity contribution is 5.36. The molecule has 1 aromatic heterocycles. The van der Waals surface area contributed by atoms with Crippen molar-refractivity contribution in [2.24, 2.45) is 0 Å². The number of hydrogen-bond acceptors (Lipinski definition) is 5. The molecule has 1 aliphatic heterocycles. The molecule has 2 aliphatic rings. The van der Waals surface area contributed by atoms with Gasteiger partial charge < -0.3 is 10.2 Å². The van der Waals surface area contributed by atoms with Crippen molar-refractivity contribution >= 4 is 5.82 Å². The number of anilines is 1. The van der Waals surface area contributed by atoms with E-state index >= 15 is 0 Å². The molecule has 2 heterocycles. The Bertz CT molecular complexity index is 349. The predicted octanol–water partition coefficient (Wildman–Crippen LogP) is 1.33. The van der Waals surface area contributed by atoms with E-state index < -0.39 is 0 Å². The molecule has 0 spiro atoms. The molecule has 0 unspecified atom stereocenters. The topological polar surface area (TPSA) is 53.9 Å². The van der Waals surface area contributed by atoms with E-state index in [-0.39, 0.29) is 0 Å². The van der Waals surface area contributed by atoms with Gasteiger partial charge in [-0.3, -0.25) is 0 Å². The Kier molecular flexibility index (Phi) is 3.69. The van der Waals surface area contributed by atoms with Crippen molar-refractivity contribution in [3.8, 4) is 0 Å². The fraction of sp³-hybridized carbons (Fsp3) is 0.769. The molecule has 0 bridgehead atoms. The average Bonchev–Trinajstić information content (AvgIpc) is 2.49. The molecule has 18 heavy (non-hydrogen) atoms. The lowest BCUT2D eigenvalue weighted by Crippen LogP contribution is -2.44. The smallest absolute Gasteiger partial charge is 0.156 e. The van der Waals surface area contributed by atoms with Crippen molar-refractivity contribution in [1.82, 2.24) is 20.5 Å². The molecule has 0 radical (unpaired) electrons. The number of nitrogens with zero attached hydrogens (tertiary/aromatic N) is 4. The zero-order valence-electron chi connectivity index (χ0n) is 10.8. The van der Waals surface area contributed by atoms with Crippen molar-refractivity contribution in [2.75, 3.05) is 31.1 Å². The maximum Gasteiger partial charge on any atom is 0.156 e. The molecule has 0 amide bonds. The van der Waals surface area contributed by atoms with E-state index in [1.807, 2.05) is 0 Å². The third-order valence-corrected chi connectivity index (χ3v) is 3.97. The molecule has 2 fully saturated rings. The van der Waals surface area contributed by atoms with Crippen LogP contribution in [0.25, 0.3) is 0 Å². The molecule has 0 atom stereocenters. The SMILES string of the molecule is c1nnc(C2CCCCC2)nc1N1CCNCC1. The van der Waals surface area contributed by atoms with E-state index in [0.717, 1.165) is 37.8 Å². The minimum Gasteiger partial charge on any atom is -0.353 e. The van der Waals surface area contributed by atoms with Gasteiger partial charge in [-0.15, -0.1) is 5.10 Å². The summed E-state index contributed by atoms with van der Waals surface area (Å²) in [5, 5.41) is 11.8. The Balaban J connectivity index is 1.75. The summed E-state index contributed by atoms with van der Waals surface area (Å²) in [6.45, 7) is 4.09. The standard InChI is InChI=1S/C13H21N5/c1-2-4-11(5-3-1)13-16-12(10-15-17-13)18-8-6-14-7-9-18/h10-11,14H,1-9H2.